The van der Waals surface area contributed by atoms with E-state index in [1.165, 1.54) is 109 Å². The fraction of sp³-hybridized carbons (Fsp3) is 0.895. The predicted molar refractivity (Wildman–Crippen MR) is 85.5 cm³/mol. The molecule has 2 aliphatic rings. The molecule has 0 aliphatic heterocycles. The average molecular weight is 262 g/mol. The number of hydrogen-bond acceptors (Lipinski definition) is 0. The van der Waals surface area contributed by atoms with Crippen LogP contribution in [0.15, 0.2) is 11.1 Å². The first-order chi connectivity index (χ1) is 9.47. The molecule has 0 aromatic carbocycles. The maximum atomic E-state index is 1.91. The lowest BCUT2D eigenvalue weighted by molar-refractivity contribution is 0.544. The maximum absolute atomic E-state index is 1.91. The molecule has 0 N–H and O–H groups in total. The van der Waals surface area contributed by atoms with E-state index in [9.17, 15) is 0 Å². The summed E-state index contributed by atoms with van der Waals surface area (Å²) in [6, 6.07) is 0. The molecule has 2 saturated carbocycles. The molecule has 0 heteroatoms. The van der Waals surface area contributed by atoms with E-state index in [0.29, 0.717) is 0 Å². The molecule has 0 aromatic rings. The van der Waals surface area contributed by atoms with Crippen LogP contribution in [0.4, 0.5) is 0 Å². The van der Waals surface area contributed by atoms with Gasteiger partial charge in [-0.3, -0.25) is 0 Å². The first kappa shape index (κ1) is 15.1. The lowest BCUT2D eigenvalue weighted by Crippen LogP contribution is -1.97. The van der Waals surface area contributed by atoms with E-state index in [2.05, 4.69) is 0 Å². The Morgan fingerprint density at radius 1 is 0.263 bits per heavy atom. The zero-order valence-electron chi connectivity index (χ0n) is 13.0. The van der Waals surface area contributed by atoms with Gasteiger partial charge in [-0.2, -0.15) is 0 Å². The Kier molecular flexibility index (Phi) is 7.66. The van der Waals surface area contributed by atoms with Crippen LogP contribution in [0.1, 0.15) is 109 Å². The fourth-order valence-corrected chi connectivity index (χ4v) is 3.90. The normalized spacial score (nSPS) is 25.3. The summed E-state index contributed by atoms with van der Waals surface area (Å²) in [5.74, 6) is 0. The third-order valence-electron chi connectivity index (χ3n) is 5.16. The monoisotopic (exact) mass is 262 g/mol. The van der Waals surface area contributed by atoms with Gasteiger partial charge in [0, 0.05) is 0 Å². The van der Waals surface area contributed by atoms with Crippen LogP contribution >= 0.6 is 0 Å². The Bertz CT molecular complexity index is 237. The molecule has 0 spiro atoms. The molecular weight excluding hydrogens is 228 g/mol. The summed E-state index contributed by atoms with van der Waals surface area (Å²) in [6.45, 7) is 0. The van der Waals surface area contributed by atoms with E-state index < -0.39 is 0 Å². The van der Waals surface area contributed by atoms with Crippen LogP contribution in [-0.2, 0) is 0 Å². The van der Waals surface area contributed by atoms with E-state index in [1.54, 1.807) is 0 Å². The van der Waals surface area contributed by atoms with Crippen LogP contribution in [-0.4, -0.2) is 0 Å². The number of allylic oxidation sites excluding steroid dienone is 2. The summed E-state index contributed by atoms with van der Waals surface area (Å²) in [5.41, 5.74) is 3.81. The minimum atomic E-state index is 1.44. The molecule has 0 unspecified atom stereocenters. The van der Waals surface area contributed by atoms with Gasteiger partial charge < -0.3 is 0 Å². The standard InChI is InChI=1S/C19H34/c1-2-6-10-14-18(15-11-7-3-1)19-16-12-8-4-5-9-13-17-19/h1-17H2. The van der Waals surface area contributed by atoms with Gasteiger partial charge in [0.05, 0.1) is 0 Å². The van der Waals surface area contributed by atoms with Crippen molar-refractivity contribution in [3.8, 4) is 0 Å². The highest BCUT2D eigenvalue weighted by Gasteiger charge is 2.10. The maximum Gasteiger partial charge on any atom is -0.0318 e. The third-order valence-corrected chi connectivity index (χ3v) is 5.16. The van der Waals surface area contributed by atoms with Gasteiger partial charge in [0.1, 0.15) is 0 Å². The first-order valence-electron chi connectivity index (χ1n) is 9.16. The quantitative estimate of drug-likeness (QED) is 0.415. The Labute approximate surface area is 121 Å². The molecule has 110 valence electrons. The smallest absolute Gasteiger partial charge is 0.0318 e. The molecule has 19 heavy (non-hydrogen) atoms. The van der Waals surface area contributed by atoms with Gasteiger partial charge in [0.25, 0.3) is 0 Å². The van der Waals surface area contributed by atoms with Crippen molar-refractivity contribution in [1.82, 2.24) is 0 Å². The van der Waals surface area contributed by atoms with Crippen LogP contribution in [0.25, 0.3) is 0 Å². The molecule has 2 fully saturated rings. The van der Waals surface area contributed by atoms with Gasteiger partial charge in [0.2, 0.25) is 0 Å². The molecule has 0 atom stereocenters. The second-order valence-electron chi connectivity index (χ2n) is 6.80. The summed E-state index contributed by atoms with van der Waals surface area (Å²) in [6.07, 6.45) is 25.0. The van der Waals surface area contributed by atoms with Crippen molar-refractivity contribution in [2.75, 3.05) is 0 Å². The predicted octanol–water partition coefficient (Wildman–Crippen LogP) is 6.94. The van der Waals surface area contributed by atoms with Crippen LogP contribution in [0.5, 0.6) is 0 Å². The topological polar surface area (TPSA) is 0 Å². The molecule has 0 aromatic heterocycles. The summed E-state index contributed by atoms with van der Waals surface area (Å²) in [4.78, 5) is 0. The van der Waals surface area contributed by atoms with Crippen LogP contribution in [0.3, 0.4) is 0 Å². The highest BCUT2D eigenvalue weighted by atomic mass is 14.2. The number of hydrogen-bond donors (Lipinski definition) is 0. The highest BCUT2D eigenvalue weighted by Crippen LogP contribution is 2.30. The minimum absolute atomic E-state index is 1.44. The van der Waals surface area contributed by atoms with Gasteiger partial charge in [-0.1, -0.05) is 68.9 Å². The summed E-state index contributed by atoms with van der Waals surface area (Å²) >= 11 is 0. The second-order valence-corrected chi connectivity index (χ2v) is 6.80. The van der Waals surface area contributed by atoms with Gasteiger partial charge in [-0.25, -0.2) is 0 Å². The lowest BCUT2D eigenvalue weighted by atomic mass is 9.89. The molecule has 0 nitrogen and oxygen atoms in total. The second kappa shape index (κ2) is 9.61. The van der Waals surface area contributed by atoms with Crippen molar-refractivity contribution >= 4 is 0 Å². The third kappa shape index (κ3) is 6.15. The van der Waals surface area contributed by atoms with Crippen molar-refractivity contribution in [1.29, 1.82) is 0 Å². The SMILES string of the molecule is C1CCCCC(=C2CCCCCCCC2)CCCC1. The van der Waals surface area contributed by atoms with Crippen molar-refractivity contribution in [3.63, 3.8) is 0 Å². The molecule has 0 radical (unpaired) electrons. The van der Waals surface area contributed by atoms with Crippen LogP contribution in [0, 0.1) is 0 Å². The largest absolute Gasteiger partial charge is 0.0710 e. The van der Waals surface area contributed by atoms with E-state index in [1.807, 2.05) is 11.1 Å². The van der Waals surface area contributed by atoms with Crippen LogP contribution in [0.2, 0.25) is 0 Å². The van der Waals surface area contributed by atoms with E-state index in [0.717, 1.165) is 0 Å². The summed E-state index contributed by atoms with van der Waals surface area (Å²) in [5, 5.41) is 0. The molecule has 0 saturated heterocycles. The zero-order chi connectivity index (χ0) is 13.2. The van der Waals surface area contributed by atoms with Crippen molar-refractivity contribution in [3.05, 3.63) is 11.1 Å². The van der Waals surface area contributed by atoms with Gasteiger partial charge in [-0.15, -0.1) is 0 Å². The Balaban J connectivity index is 1.95. The Morgan fingerprint density at radius 2 is 0.474 bits per heavy atom. The lowest BCUT2D eigenvalue weighted by Gasteiger charge is -2.17. The van der Waals surface area contributed by atoms with Gasteiger partial charge >= 0.3 is 0 Å². The molecule has 0 heterocycles. The van der Waals surface area contributed by atoms with Crippen molar-refractivity contribution in [2.45, 2.75) is 109 Å². The Hall–Kier alpha value is -0.260. The zero-order valence-corrected chi connectivity index (χ0v) is 13.0. The first-order valence-corrected chi connectivity index (χ1v) is 9.16. The molecule has 0 bridgehead atoms. The summed E-state index contributed by atoms with van der Waals surface area (Å²) < 4.78 is 0. The minimum Gasteiger partial charge on any atom is -0.0710 e. The molecular formula is C19H34. The highest BCUT2D eigenvalue weighted by molar-refractivity contribution is 5.15. The number of rotatable bonds is 0. The summed E-state index contributed by atoms with van der Waals surface area (Å²) in [7, 11) is 0. The van der Waals surface area contributed by atoms with E-state index in [-0.39, 0.29) is 0 Å². The van der Waals surface area contributed by atoms with E-state index >= 15 is 0 Å². The Morgan fingerprint density at radius 3 is 0.737 bits per heavy atom. The molecule has 2 aliphatic carbocycles. The van der Waals surface area contributed by atoms with Gasteiger partial charge in [-0.05, 0) is 51.4 Å². The van der Waals surface area contributed by atoms with Crippen molar-refractivity contribution < 1.29 is 0 Å². The van der Waals surface area contributed by atoms with E-state index in [4.69, 9.17) is 0 Å². The fourth-order valence-electron chi connectivity index (χ4n) is 3.90. The van der Waals surface area contributed by atoms with Crippen molar-refractivity contribution in [2.24, 2.45) is 0 Å². The molecule has 0 amide bonds. The van der Waals surface area contributed by atoms with Gasteiger partial charge in [0.15, 0.2) is 0 Å². The molecule has 2 rings (SSSR count). The van der Waals surface area contributed by atoms with Crippen LogP contribution < -0.4 is 0 Å². The average Bonchev–Trinajstić information content (AvgIpc) is 2.58.